The lowest BCUT2D eigenvalue weighted by Gasteiger charge is -2.19. The molecule has 0 amide bonds. The second kappa shape index (κ2) is 6.41. The normalized spacial score (nSPS) is 12.7. The van der Waals surface area contributed by atoms with Crippen LogP contribution in [-0.4, -0.2) is 33.3 Å². The molecule has 9 heteroatoms. The number of carboxylic acids is 1. The first-order valence-corrected chi connectivity index (χ1v) is 6.66. The average Bonchev–Trinajstić information content (AvgIpc) is 2.47. The van der Waals surface area contributed by atoms with Crippen LogP contribution in [0.25, 0.3) is 11.3 Å². The molecule has 1 unspecified atom stereocenters. The van der Waals surface area contributed by atoms with Crippen LogP contribution >= 0.6 is 11.6 Å². The first kappa shape index (κ1) is 17.0. The molecular weight excluding hydrogens is 337 g/mol. The van der Waals surface area contributed by atoms with E-state index in [0.29, 0.717) is 10.6 Å². The number of nitrogens with zero attached hydrogens (tertiary/aromatic N) is 2. The highest BCUT2D eigenvalue weighted by atomic mass is 35.5. The summed E-state index contributed by atoms with van der Waals surface area (Å²) in [6.45, 7) is 0.830. The van der Waals surface area contributed by atoms with Gasteiger partial charge in [0.25, 0.3) is 0 Å². The monoisotopic (exact) mass is 346 g/mol. The third-order valence-electron chi connectivity index (χ3n) is 2.83. The van der Waals surface area contributed by atoms with Crippen LogP contribution in [0.15, 0.2) is 30.5 Å². The predicted octanol–water partition coefficient (Wildman–Crippen LogP) is 3.82. The zero-order valence-electron chi connectivity index (χ0n) is 11.6. The Morgan fingerprint density at radius 2 is 1.91 bits per heavy atom. The van der Waals surface area contributed by atoms with Gasteiger partial charge in [-0.25, -0.2) is 14.8 Å². The Balaban J connectivity index is 2.49. The molecule has 0 saturated heterocycles. The molecule has 0 saturated carbocycles. The SMILES string of the molecule is CC(Oc1cnc(C(=O)O)nc1-c1ccc(Cl)cc1)C(F)(F)F. The molecule has 1 aromatic heterocycles. The average molecular weight is 347 g/mol. The second-order valence-electron chi connectivity index (χ2n) is 4.52. The summed E-state index contributed by atoms with van der Waals surface area (Å²) >= 11 is 5.76. The Morgan fingerprint density at radius 3 is 2.43 bits per heavy atom. The smallest absolute Gasteiger partial charge is 0.425 e. The zero-order valence-corrected chi connectivity index (χ0v) is 12.4. The number of benzene rings is 1. The van der Waals surface area contributed by atoms with Crippen LogP contribution < -0.4 is 4.74 Å². The van der Waals surface area contributed by atoms with E-state index in [-0.39, 0.29) is 11.4 Å². The lowest BCUT2D eigenvalue weighted by molar-refractivity contribution is -0.189. The van der Waals surface area contributed by atoms with Gasteiger partial charge in [0.2, 0.25) is 5.82 Å². The number of hydrogen-bond acceptors (Lipinski definition) is 4. The van der Waals surface area contributed by atoms with Crippen molar-refractivity contribution in [3.05, 3.63) is 41.3 Å². The standard InChI is InChI=1S/C14H10ClF3N2O3/c1-7(14(16,17)18)23-10-6-19-12(13(21)22)20-11(10)8-2-4-9(15)5-3-8/h2-7H,1H3,(H,21,22). The van der Waals surface area contributed by atoms with E-state index in [4.69, 9.17) is 21.4 Å². The lowest BCUT2D eigenvalue weighted by Crippen LogP contribution is -2.31. The first-order chi connectivity index (χ1) is 10.7. The summed E-state index contributed by atoms with van der Waals surface area (Å²) in [5, 5.41) is 9.35. The molecule has 0 fully saturated rings. The Hall–Kier alpha value is -2.35. The molecule has 2 rings (SSSR count). The summed E-state index contributed by atoms with van der Waals surface area (Å²) in [4.78, 5) is 18.2. The van der Waals surface area contributed by atoms with Crippen LogP contribution in [0.2, 0.25) is 5.02 Å². The van der Waals surface area contributed by atoms with Gasteiger partial charge >= 0.3 is 12.1 Å². The molecule has 1 N–H and O–H groups in total. The van der Waals surface area contributed by atoms with E-state index in [2.05, 4.69) is 9.97 Å². The summed E-state index contributed by atoms with van der Waals surface area (Å²) in [5.41, 5.74) is 0.286. The van der Waals surface area contributed by atoms with E-state index in [1.807, 2.05) is 0 Å². The Labute approximate surface area is 133 Å². The summed E-state index contributed by atoms with van der Waals surface area (Å²) < 4.78 is 42.8. The van der Waals surface area contributed by atoms with Gasteiger partial charge in [-0.2, -0.15) is 13.2 Å². The van der Waals surface area contributed by atoms with Crippen molar-refractivity contribution in [3.63, 3.8) is 0 Å². The largest absolute Gasteiger partial charge is 0.477 e. The van der Waals surface area contributed by atoms with Gasteiger partial charge in [-0.1, -0.05) is 23.7 Å². The Morgan fingerprint density at radius 1 is 1.30 bits per heavy atom. The summed E-state index contributed by atoms with van der Waals surface area (Å²) in [7, 11) is 0. The van der Waals surface area contributed by atoms with E-state index in [0.717, 1.165) is 13.1 Å². The fraction of sp³-hybridized carbons (Fsp3) is 0.214. The number of carboxylic acid groups (broad SMARTS) is 1. The number of carbonyl (C=O) groups is 1. The van der Waals surface area contributed by atoms with E-state index < -0.39 is 24.1 Å². The van der Waals surface area contributed by atoms with Crippen LogP contribution in [0.3, 0.4) is 0 Å². The Bertz CT molecular complexity index is 720. The maximum atomic E-state index is 12.7. The van der Waals surface area contributed by atoms with Crippen molar-refractivity contribution >= 4 is 17.6 Å². The highest BCUT2D eigenvalue weighted by molar-refractivity contribution is 6.30. The zero-order chi connectivity index (χ0) is 17.2. The number of rotatable bonds is 4. The number of halogens is 4. The second-order valence-corrected chi connectivity index (χ2v) is 4.96. The molecule has 23 heavy (non-hydrogen) atoms. The van der Waals surface area contributed by atoms with Crippen molar-refractivity contribution in [3.8, 4) is 17.0 Å². The highest BCUT2D eigenvalue weighted by Gasteiger charge is 2.38. The van der Waals surface area contributed by atoms with Crippen molar-refractivity contribution in [2.24, 2.45) is 0 Å². The summed E-state index contributed by atoms with van der Waals surface area (Å²) in [5.74, 6) is -2.24. The number of aromatic carboxylic acids is 1. The summed E-state index contributed by atoms with van der Waals surface area (Å²) in [6, 6.07) is 5.97. The van der Waals surface area contributed by atoms with Gasteiger partial charge in [-0.3, -0.25) is 0 Å². The van der Waals surface area contributed by atoms with Gasteiger partial charge in [-0.05, 0) is 19.1 Å². The van der Waals surface area contributed by atoms with Crippen LogP contribution in [0.5, 0.6) is 5.75 Å². The highest BCUT2D eigenvalue weighted by Crippen LogP contribution is 2.32. The molecule has 0 aliphatic rings. The van der Waals surface area contributed by atoms with Crippen LogP contribution in [0, 0.1) is 0 Å². The third-order valence-corrected chi connectivity index (χ3v) is 3.08. The molecular formula is C14H10ClF3N2O3. The fourth-order valence-corrected chi connectivity index (χ4v) is 1.76. The van der Waals surface area contributed by atoms with E-state index in [1.54, 1.807) is 0 Å². The third kappa shape index (κ3) is 4.10. The molecule has 0 spiro atoms. The van der Waals surface area contributed by atoms with Gasteiger partial charge < -0.3 is 9.84 Å². The quantitative estimate of drug-likeness (QED) is 0.911. The van der Waals surface area contributed by atoms with E-state index in [1.165, 1.54) is 24.3 Å². The molecule has 1 aromatic carbocycles. The Kier molecular flexibility index (Phi) is 4.74. The molecule has 0 radical (unpaired) electrons. The van der Waals surface area contributed by atoms with E-state index >= 15 is 0 Å². The molecule has 0 aliphatic heterocycles. The van der Waals surface area contributed by atoms with Crippen molar-refractivity contribution in [1.29, 1.82) is 0 Å². The molecule has 122 valence electrons. The molecule has 2 aromatic rings. The number of ether oxygens (including phenoxy) is 1. The maximum absolute atomic E-state index is 12.7. The topological polar surface area (TPSA) is 72.3 Å². The van der Waals surface area contributed by atoms with Crippen LogP contribution in [-0.2, 0) is 0 Å². The maximum Gasteiger partial charge on any atom is 0.425 e. The van der Waals surface area contributed by atoms with Gasteiger partial charge in [0.05, 0.1) is 6.20 Å². The van der Waals surface area contributed by atoms with Gasteiger partial charge in [0, 0.05) is 10.6 Å². The van der Waals surface area contributed by atoms with Crippen LogP contribution in [0.4, 0.5) is 13.2 Å². The minimum Gasteiger partial charge on any atom is -0.477 e. The fourth-order valence-electron chi connectivity index (χ4n) is 1.63. The van der Waals surface area contributed by atoms with Crippen molar-refractivity contribution < 1.29 is 27.8 Å². The number of aromatic nitrogens is 2. The molecule has 0 bridgehead atoms. The van der Waals surface area contributed by atoms with Gasteiger partial charge in [0.15, 0.2) is 11.9 Å². The molecule has 1 heterocycles. The number of hydrogen-bond donors (Lipinski definition) is 1. The predicted molar refractivity (Wildman–Crippen MR) is 75.6 cm³/mol. The van der Waals surface area contributed by atoms with E-state index in [9.17, 15) is 18.0 Å². The minimum atomic E-state index is -4.58. The molecule has 0 aliphatic carbocycles. The molecule has 1 atom stereocenters. The van der Waals surface area contributed by atoms with Gasteiger partial charge in [0.1, 0.15) is 5.69 Å². The molecule has 5 nitrogen and oxygen atoms in total. The first-order valence-electron chi connectivity index (χ1n) is 6.28. The van der Waals surface area contributed by atoms with Gasteiger partial charge in [-0.15, -0.1) is 0 Å². The van der Waals surface area contributed by atoms with Crippen LogP contribution in [0.1, 0.15) is 17.5 Å². The van der Waals surface area contributed by atoms with Crippen molar-refractivity contribution in [1.82, 2.24) is 9.97 Å². The number of alkyl halides is 3. The summed E-state index contributed by atoms with van der Waals surface area (Å²) in [6.07, 6.45) is -5.78. The minimum absolute atomic E-state index is 0.0647. The van der Waals surface area contributed by atoms with Crippen molar-refractivity contribution in [2.75, 3.05) is 0 Å². The lowest BCUT2D eigenvalue weighted by atomic mass is 10.1. The van der Waals surface area contributed by atoms with Crippen molar-refractivity contribution in [2.45, 2.75) is 19.2 Å².